The number of aryl methyl sites for hydroxylation is 2. The summed E-state index contributed by atoms with van der Waals surface area (Å²) in [7, 11) is -0.641. The smallest absolute Gasteiger partial charge is 0.265 e. The lowest BCUT2D eigenvalue weighted by Gasteiger charge is -2.11. The Morgan fingerprint density at radius 2 is 2.14 bits per heavy atom. The van der Waals surface area contributed by atoms with Crippen LogP contribution in [0.15, 0.2) is 29.3 Å². The molecule has 0 radical (unpaired) electrons. The van der Waals surface area contributed by atoms with Crippen molar-refractivity contribution < 1.29 is 13.2 Å². The summed E-state index contributed by atoms with van der Waals surface area (Å²) in [5.41, 5.74) is 7.20. The van der Waals surface area contributed by atoms with Gasteiger partial charge in [-0.1, -0.05) is 6.92 Å². The predicted octanol–water partition coefficient (Wildman–Crippen LogP) is 1.37. The number of sulfonamides is 1. The quantitative estimate of drug-likeness (QED) is 0.813. The Kier molecular flexibility index (Phi) is 4.08. The molecule has 0 spiro atoms. The van der Waals surface area contributed by atoms with Crippen LogP contribution in [0.4, 0.5) is 11.4 Å². The first kappa shape index (κ1) is 15.2. The van der Waals surface area contributed by atoms with Gasteiger partial charge in [-0.3, -0.25) is 9.40 Å². The molecular weight excluding hydrogens is 292 g/mol. The maximum Gasteiger partial charge on any atom is 0.265 e. The van der Waals surface area contributed by atoms with Crippen molar-refractivity contribution in [3.63, 3.8) is 0 Å². The summed E-state index contributed by atoms with van der Waals surface area (Å²) in [6, 6.07) is 4.40. The number of nitrogens with two attached hydrogens (primary N) is 1. The van der Waals surface area contributed by atoms with Gasteiger partial charge in [0.05, 0.1) is 18.5 Å². The number of aromatic nitrogens is 2. The highest BCUT2D eigenvalue weighted by Crippen LogP contribution is 2.28. The summed E-state index contributed by atoms with van der Waals surface area (Å²) in [6.45, 7) is 1.91. The maximum absolute atomic E-state index is 12.5. The van der Waals surface area contributed by atoms with Gasteiger partial charge >= 0.3 is 0 Å². The molecule has 7 nitrogen and oxygen atoms in total. The van der Waals surface area contributed by atoms with Gasteiger partial charge in [-0.2, -0.15) is 5.10 Å². The number of benzene rings is 1. The Hall–Kier alpha value is -2.22. The average Bonchev–Trinajstić information content (AvgIpc) is 2.77. The summed E-state index contributed by atoms with van der Waals surface area (Å²) < 4.78 is 34.2. The lowest BCUT2D eigenvalue weighted by Crippen LogP contribution is -2.14. The molecule has 0 aliphatic heterocycles. The first-order chi connectivity index (χ1) is 9.87. The van der Waals surface area contributed by atoms with Crippen LogP contribution in [-0.2, 0) is 23.5 Å². The minimum Gasteiger partial charge on any atom is -0.495 e. The molecule has 21 heavy (non-hydrogen) atoms. The molecule has 0 saturated carbocycles. The van der Waals surface area contributed by atoms with Gasteiger partial charge < -0.3 is 10.5 Å². The molecule has 2 aromatic rings. The molecule has 3 N–H and O–H groups in total. The van der Waals surface area contributed by atoms with Crippen molar-refractivity contribution in [3.05, 3.63) is 30.1 Å². The summed E-state index contributed by atoms with van der Waals surface area (Å²) >= 11 is 0. The van der Waals surface area contributed by atoms with Crippen molar-refractivity contribution in [2.75, 3.05) is 17.6 Å². The topological polar surface area (TPSA) is 99.2 Å². The molecule has 0 bridgehead atoms. The minimum absolute atomic E-state index is 0.0325. The predicted molar refractivity (Wildman–Crippen MR) is 80.8 cm³/mol. The van der Waals surface area contributed by atoms with Crippen molar-refractivity contribution in [2.24, 2.45) is 7.05 Å². The molecule has 1 aromatic carbocycles. The lowest BCUT2D eigenvalue weighted by molar-refractivity contribution is 0.403. The number of nitrogen functional groups attached to an aromatic ring is 1. The van der Waals surface area contributed by atoms with Crippen LogP contribution < -0.4 is 15.2 Å². The number of hydrogen-bond donors (Lipinski definition) is 2. The number of methoxy groups -OCH3 is 1. The van der Waals surface area contributed by atoms with Gasteiger partial charge in [0.15, 0.2) is 0 Å². The molecule has 0 aliphatic rings. The van der Waals surface area contributed by atoms with Gasteiger partial charge in [-0.05, 0) is 18.6 Å². The molecule has 8 heteroatoms. The molecule has 1 aromatic heterocycles. The molecule has 0 unspecified atom stereocenters. The number of rotatable bonds is 5. The normalized spacial score (nSPS) is 11.4. The Morgan fingerprint density at radius 3 is 2.76 bits per heavy atom. The zero-order valence-electron chi connectivity index (χ0n) is 12.1. The van der Waals surface area contributed by atoms with E-state index in [4.69, 9.17) is 10.5 Å². The molecule has 0 amide bonds. The summed E-state index contributed by atoms with van der Waals surface area (Å²) in [6.07, 6.45) is 2.25. The van der Waals surface area contributed by atoms with E-state index in [1.165, 1.54) is 25.3 Å². The fraction of sp³-hybridized carbons (Fsp3) is 0.308. The largest absolute Gasteiger partial charge is 0.495 e. The van der Waals surface area contributed by atoms with Crippen LogP contribution in [0, 0.1) is 0 Å². The van der Waals surface area contributed by atoms with Crippen molar-refractivity contribution in [2.45, 2.75) is 18.2 Å². The number of ether oxygens (including phenoxy) is 1. The Labute approximate surface area is 123 Å². The highest BCUT2D eigenvalue weighted by Gasteiger charge is 2.21. The van der Waals surface area contributed by atoms with Gasteiger partial charge in [-0.15, -0.1) is 0 Å². The van der Waals surface area contributed by atoms with Gasteiger partial charge in [-0.25, -0.2) is 8.42 Å². The fourth-order valence-electron chi connectivity index (χ4n) is 1.99. The zero-order chi connectivity index (χ0) is 15.6. The highest BCUT2D eigenvalue weighted by atomic mass is 32.2. The number of nitrogens with one attached hydrogen (secondary N) is 1. The molecule has 0 atom stereocenters. The van der Waals surface area contributed by atoms with E-state index in [1.54, 1.807) is 17.9 Å². The minimum atomic E-state index is -3.78. The Morgan fingerprint density at radius 1 is 1.43 bits per heavy atom. The van der Waals surface area contributed by atoms with Crippen molar-refractivity contribution in [1.29, 1.82) is 0 Å². The third kappa shape index (κ3) is 3.10. The summed E-state index contributed by atoms with van der Waals surface area (Å²) in [4.78, 5) is 0.0325. The summed E-state index contributed by atoms with van der Waals surface area (Å²) in [5, 5.41) is 4.20. The third-order valence-electron chi connectivity index (χ3n) is 2.96. The molecule has 2 rings (SSSR count). The number of hydrogen-bond acceptors (Lipinski definition) is 5. The average molecular weight is 310 g/mol. The molecule has 114 valence electrons. The van der Waals surface area contributed by atoms with Crippen LogP contribution in [0.25, 0.3) is 0 Å². The van der Waals surface area contributed by atoms with E-state index in [1.807, 2.05) is 6.92 Å². The monoisotopic (exact) mass is 310 g/mol. The standard InChI is InChI=1S/C13H18N4O3S/c1-4-10-11(8-17(2)15-10)16-21(18,19)13-6-5-9(14)7-12(13)20-3/h5-8,16H,4,14H2,1-3H3. The first-order valence-corrected chi connectivity index (χ1v) is 7.84. The van der Waals surface area contributed by atoms with Crippen molar-refractivity contribution >= 4 is 21.4 Å². The lowest BCUT2D eigenvalue weighted by atomic mass is 10.3. The number of anilines is 2. The van der Waals surface area contributed by atoms with Crippen molar-refractivity contribution in [1.82, 2.24) is 9.78 Å². The van der Waals surface area contributed by atoms with Crippen LogP contribution in [-0.4, -0.2) is 25.3 Å². The van der Waals surface area contributed by atoms with E-state index in [0.29, 0.717) is 23.5 Å². The fourth-order valence-corrected chi connectivity index (χ4v) is 3.21. The van der Waals surface area contributed by atoms with Gasteiger partial charge in [0.1, 0.15) is 10.6 Å². The van der Waals surface area contributed by atoms with E-state index in [-0.39, 0.29) is 10.6 Å². The molecule has 0 aliphatic carbocycles. The van der Waals surface area contributed by atoms with E-state index < -0.39 is 10.0 Å². The maximum atomic E-state index is 12.5. The van der Waals surface area contributed by atoms with Crippen LogP contribution in [0.1, 0.15) is 12.6 Å². The first-order valence-electron chi connectivity index (χ1n) is 6.36. The van der Waals surface area contributed by atoms with Crippen LogP contribution in [0.5, 0.6) is 5.75 Å². The highest BCUT2D eigenvalue weighted by molar-refractivity contribution is 7.92. The van der Waals surface area contributed by atoms with Crippen LogP contribution >= 0.6 is 0 Å². The van der Waals surface area contributed by atoms with Gasteiger partial charge in [0.2, 0.25) is 0 Å². The second-order valence-electron chi connectivity index (χ2n) is 4.53. The van der Waals surface area contributed by atoms with Crippen LogP contribution in [0.3, 0.4) is 0 Å². The molecular formula is C13H18N4O3S. The van der Waals surface area contributed by atoms with E-state index in [2.05, 4.69) is 9.82 Å². The van der Waals surface area contributed by atoms with E-state index >= 15 is 0 Å². The third-order valence-corrected chi connectivity index (χ3v) is 4.37. The zero-order valence-corrected chi connectivity index (χ0v) is 12.9. The molecule has 0 fully saturated rings. The van der Waals surface area contributed by atoms with Crippen LogP contribution in [0.2, 0.25) is 0 Å². The second kappa shape index (κ2) is 5.65. The van der Waals surface area contributed by atoms with Crippen molar-refractivity contribution in [3.8, 4) is 5.75 Å². The second-order valence-corrected chi connectivity index (χ2v) is 6.18. The van der Waals surface area contributed by atoms with Gasteiger partial charge in [0.25, 0.3) is 10.0 Å². The van der Waals surface area contributed by atoms with E-state index in [0.717, 1.165) is 0 Å². The number of nitrogens with zero attached hydrogens (tertiary/aromatic N) is 2. The summed E-state index contributed by atoms with van der Waals surface area (Å²) in [5.74, 6) is 0.199. The van der Waals surface area contributed by atoms with E-state index in [9.17, 15) is 8.42 Å². The van der Waals surface area contributed by atoms with Gasteiger partial charge in [0, 0.05) is 25.0 Å². The molecule has 1 heterocycles. The Bertz CT molecular complexity index is 753. The SMILES string of the molecule is CCc1nn(C)cc1NS(=O)(=O)c1ccc(N)cc1OC. The Balaban J connectivity index is 2.43. The molecule has 0 saturated heterocycles.